The molecule has 0 bridgehead atoms. The van der Waals surface area contributed by atoms with Crippen molar-refractivity contribution in [3.63, 3.8) is 0 Å². The summed E-state index contributed by atoms with van der Waals surface area (Å²) in [5.74, 6) is -0.477. The molecule has 1 aromatic heterocycles. The van der Waals surface area contributed by atoms with E-state index in [4.69, 9.17) is 10.3 Å². The van der Waals surface area contributed by atoms with Gasteiger partial charge in [0.15, 0.2) is 5.76 Å². The zero-order valence-electron chi connectivity index (χ0n) is 17.8. The van der Waals surface area contributed by atoms with Crippen LogP contribution in [0.2, 0.25) is 0 Å². The molecule has 0 aliphatic carbocycles. The summed E-state index contributed by atoms with van der Waals surface area (Å²) >= 11 is 0. The van der Waals surface area contributed by atoms with Crippen LogP contribution in [0.15, 0.2) is 33.7 Å². The first-order chi connectivity index (χ1) is 14.6. The van der Waals surface area contributed by atoms with Crippen molar-refractivity contribution in [3.8, 4) is 0 Å². The predicted molar refractivity (Wildman–Crippen MR) is 114 cm³/mol. The monoisotopic (exact) mass is 449 g/mol. The molecule has 2 heterocycles. The Morgan fingerprint density at radius 3 is 2.39 bits per heavy atom. The van der Waals surface area contributed by atoms with Crippen molar-refractivity contribution >= 4 is 27.5 Å². The van der Waals surface area contributed by atoms with Crippen LogP contribution in [0, 0.1) is 13.8 Å². The standard InChI is InChI=1S/C20H27N5O5S/c1-13-18(15(3)30-23-13)31(28,29)25-10-4-9-24(11-12-25)14(2)20(27)22-17-7-5-16(6-8-17)19(21)26/h5-8,14H,4,9-12H2,1-3H3,(H2,21,26)(H,22,27). The number of carbonyl (C=O) groups is 2. The van der Waals surface area contributed by atoms with Crippen molar-refractivity contribution in [2.45, 2.75) is 38.1 Å². The highest BCUT2D eigenvalue weighted by Gasteiger charge is 2.33. The smallest absolute Gasteiger partial charge is 0.248 e. The van der Waals surface area contributed by atoms with Gasteiger partial charge in [0, 0.05) is 37.4 Å². The van der Waals surface area contributed by atoms with Crippen molar-refractivity contribution < 1.29 is 22.5 Å². The van der Waals surface area contributed by atoms with Crippen molar-refractivity contribution in [2.24, 2.45) is 5.73 Å². The lowest BCUT2D eigenvalue weighted by Crippen LogP contribution is -2.44. The first kappa shape index (κ1) is 22.9. The molecule has 0 spiro atoms. The van der Waals surface area contributed by atoms with Gasteiger partial charge in [-0.15, -0.1) is 0 Å². The van der Waals surface area contributed by atoms with Gasteiger partial charge in [0.05, 0.1) is 6.04 Å². The lowest BCUT2D eigenvalue weighted by atomic mass is 10.2. The molecule has 31 heavy (non-hydrogen) atoms. The number of hydrogen-bond donors (Lipinski definition) is 2. The summed E-state index contributed by atoms with van der Waals surface area (Å²) in [6, 6.07) is 5.87. The number of nitrogens with two attached hydrogens (primary N) is 1. The van der Waals surface area contributed by atoms with Gasteiger partial charge in [0.2, 0.25) is 21.8 Å². The second-order valence-corrected chi connectivity index (χ2v) is 9.43. The number of anilines is 1. The molecule has 1 saturated heterocycles. The van der Waals surface area contributed by atoms with E-state index < -0.39 is 22.0 Å². The van der Waals surface area contributed by atoms with Crippen molar-refractivity contribution in [1.82, 2.24) is 14.4 Å². The zero-order chi connectivity index (χ0) is 22.8. The summed E-state index contributed by atoms with van der Waals surface area (Å²) in [5, 5.41) is 6.57. The van der Waals surface area contributed by atoms with E-state index in [1.54, 1.807) is 45.0 Å². The Bertz CT molecular complexity index is 1040. The molecule has 0 radical (unpaired) electrons. The van der Waals surface area contributed by atoms with Crippen LogP contribution in [0.4, 0.5) is 5.69 Å². The summed E-state index contributed by atoms with van der Waals surface area (Å²) in [6.07, 6.45) is 0.591. The fourth-order valence-electron chi connectivity index (χ4n) is 3.64. The lowest BCUT2D eigenvalue weighted by molar-refractivity contribution is -0.120. The molecule has 1 aliphatic heterocycles. The van der Waals surface area contributed by atoms with Crippen LogP contribution in [0.3, 0.4) is 0 Å². The number of aryl methyl sites for hydroxylation is 2. The molecule has 0 saturated carbocycles. The van der Waals surface area contributed by atoms with Gasteiger partial charge >= 0.3 is 0 Å². The average Bonchev–Trinajstić information content (AvgIpc) is 2.92. The molecule has 3 rings (SSSR count). The number of nitrogens with one attached hydrogen (secondary N) is 1. The van der Waals surface area contributed by atoms with Crippen molar-refractivity contribution in [3.05, 3.63) is 41.3 Å². The van der Waals surface area contributed by atoms with Gasteiger partial charge in [-0.25, -0.2) is 8.42 Å². The first-order valence-corrected chi connectivity index (χ1v) is 11.4. The topological polar surface area (TPSA) is 139 Å². The molecular formula is C20H27N5O5S. The van der Waals surface area contributed by atoms with Crippen LogP contribution in [-0.2, 0) is 14.8 Å². The Morgan fingerprint density at radius 1 is 1.13 bits per heavy atom. The maximum atomic E-state index is 13.1. The quantitative estimate of drug-likeness (QED) is 0.673. The van der Waals surface area contributed by atoms with Gasteiger partial charge in [-0.3, -0.25) is 14.5 Å². The van der Waals surface area contributed by atoms with E-state index in [2.05, 4.69) is 10.5 Å². The number of nitrogens with zero attached hydrogens (tertiary/aromatic N) is 3. The van der Waals surface area contributed by atoms with Crippen LogP contribution in [0.25, 0.3) is 0 Å². The average molecular weight is 450 g/mol. The molecule has 10 nitrogen and oxygen atoms in total. The predicted octanol–water partition coefficient (Wildman–Crippen LogP) is 1.11. The van der Waals surface area contributed by atoms with Crippen LogP contribution in [-0.4, -0.2) is 66.8 Å². The normalized spacial score (nSPS) is 17.1. The summed E-state index contributed by atoms with van der Waals surface area (Å²) in [7, 11) is -3.72. The van der Waals surface area contributed by atoms with E-state index in [-0.39, 0.29) is 23.1 Å². The maximum absolute atomic E-state index is 13.1. The van der Waals surface area contributed by atoms with Crippen molar-refractivity contribution in [2.75, 3.05) is 31.5 Å². The fourth-order valence-corrected chi connectivity index (χ4v) is 5.40. The number of sulfonamides is 1. The van der Waals surface area contributed by atoms with Crippen molar-refractivity contribution in [1.29, 1.82) is 0 Å². The Hall–Kier alpha value is -2.76. The summed E-state index contributed by atoms with van der Waals surface area (Å²) in [6.45, 7) is 6.59. The van der Waals surface area contributed by atoms with E-state index in [9.17, 15) is 18.0 Å². The Labute approximate surface area is 181 Å². The number of hydrogen-bond acceptors (Lipinski definition) is 7. The van der Waals surface area contributed by atoms with E-state index >= 15 is 0 Å². The Kier molecular flexibility index (Phi) is 6.77. The number of aromatic nitrogens is 1. The van der Waals surface area contributed by atoms with E-state index in [0.29, 0.717) is 43.0 Å². The third-order valence-electron chi connectivity index (χ3n) is 5.42. The number of primary amides is 1. The van der Waals surface area contributed by atoms with Gasteiger partial charge in [0.1, 0.15) is 10.6 Å². The van der Waals surface area contributed by atoms with Gasteiger partial charge in [-0.1, -0.05) is 5.16 Å². The summed E-state index contributed by atoms with van der Waals surface area (Å²) in [5.41, 5.74) is 6.48. The first-order valence-electron chi connectivity index (χ1n) is 9.99. The van der Waals surface area contributed by atoms with Gasteiger partial charge in [0.25, 0.3) is 0 Å². The fraction of sp³-hybridized carbons (Fsp3) is 0.450. The summed E-state index contributed by atoms with van der Waals surface area (Å²) < 4.78 is 32.6. The van der Waals surface area contributed by atoms with E-state index in [0.717, 1.165) is 0 Å². The van der Waals surface area contributed by atoms with Crippen LogP contribution in [0.5, 0.6) is 0 Å². The SMILES string of the molecule is Cc1noc(C)c1S(=O)(=O)N1CCCN(C(C)C(=O)Nc2ccc(C(N)=O)cc2)CC1. The second-order valence-electron chi connectivity index (χ2n) is 7.55. The van der Waals surface area contributed by atoms with E-state index in [1.807, 2.05) is 4.90 Å². The zero-order valence-corrected chi connectivity index (χ0v) is 18.6. The molecule has 11 heteroatoms. The highest BCUT2D eigenvalue weighted by Crippen LogP contribution is 2.24. The molecule has 1 fully saturated rings. The molecular weight excluding hydrogens is 422 g/mol. The van der Waals surface area contributed by atoms with Gasteiger partial charge in [-0.2, -0.15) is 4.31 Å². The second kappa shape index (κ2) is 9.16. The Balaban J connectivity index is 1.64. The van der Waals surface area contributed by atoms with Gasteiger partial charge in [-0.05, 0) is 51.5 Å². The molecule has 2 aromatic rings. The number of benzene rings is 1. The maximum Gasteiger partial charge on any atom is 0.248 e. The van der Waals surface area contributed by atoms with E-state index in [1.165, 1.54) is 4.31 Å². The minimum atomic E-state index is -3.72. The molecule has 1 unspecified atom stereocenters. The largest absolute Gasteiger partial charge is 0.366 e. The third kappa shape index (κ3) is 4.94. The summed E-state index contributed by atoms with van der Waals surface area (Å²) in [4.78, 5) is 25.9. The van der Waals surface area contributed by atoms with Crippen LogP contribution in [0.1, 0.15) is 35.2 Å². The number of rotatable bonds is 6. The molecule has 1 aliphatic rings. The minimum absolute atomic E-state index is 0.117. The molecule has 168 valence electrons. The minimum Gasteiger partial charge on any atom is -0.366 e. The highest BCUT2D eigenvalue weighted by atomic mass is 32.2. The molecule has 2 amide bonds. The number of amides is 2. The van der Waals surface area contributed by atoms with Crippen LogP contribution < -0.4 is 11.1 Å². The third-order valence-corrected chi connectivity index (χ3v) is 7.56. The molecule has 3 N–H and O–H groups in total. The van der Waals surface area contributed by atoms with Gasteiger partial charge < -0.3 is 15.6 Å². The van der Waals surface area contributed by atoms with Crippen LogP contribution >= 0.6 is 0 Å². The molecule has 1 aromatic carbocycles. The highest BCUT2D eigenvalue weighted by molar-refractivity contribution is 7.89. The lowest BCUT2D eigenvalue weighted by Gasteiger charge is -2.27. The Morgan fingerprint density at radius 2 is 1.81 bits per heavy atom. The molecule has 1 atom stereocenters. The number of carbonyl (C=O) groups excluding carboxylic acids is 2.